The Morgan fingerprint density at radius 1 is 1.03 bits per heavy atom. The second kappa shape index (κ2) is 7.44. The van der Waals surface area contributed by atoms with Gasteiger partial charge in [-0.2, -0.15) is 0 Å². The van der Waals surface area contributed by atoms with Crippen LogP contribution < -0.4 is 0 Å². The van der Waals surface area contributed by atoms with Crippen LogP contribution in [0.4, 0.5) is 0 Å². The molecule has 30 heavy (non-hydrogen) atoms. The lowest BCUT2D eigenvalue weighted by molar-refractivity contribution is 0.0696. The van der Waals surface area contributed by atoms with Crippen LogP contribution in [-0.4, -0.2) is 34.0 Å². The fourth-order valence-corrected chi connectivity index (χ4v) is 3.96. The van der Waals surface area contributed by atoms with Crippen molar-refractivity contribution in [1.29, 1.82) is 0 Å². The number of fused-ring (bicyclic) bond motifs is 1. The summed E-state index contributed by atoms with van der Waals surface area (Å²) in [5, 5.41) is 4.03. The normalized spacial score (nSPS) is 15.1. The molecule has 0 radical (unpaired) electrons. The number of benzene rings is 2. The van der Waals surface area contributed by atoms with Crippen LogP contribution in [-0.2, 0) is 0 Å². The summed E-state index contributed by atoms with van der Waals surface area (Å²) >= 11 is 0. The van der Waals surface area contributed by atoms with E-state index in [1.54, 1.807) is 6.07 Å². The third-order valence-corrected chi connectivity index (χ3v) is 5.96. The van der Waals surface area contributed by atoms with Gasteiger partial charge in [0.25, 0.3) is 5.91 Å². The summed E-state index contributed by atoms with van der Waals surface area (Å²) in [5.41, 5.74) is 5.37. The summed E-state index contributed by atoms with van der Waals surface area (Å²) in [5.74, 6) is 1.51. The second-order valence-corrected chi connectivity index (χ2v) is 7.96. The van der Waals surface area contributed by atoms with Crippen LogP contribution in [0.2, 0.25) is 0 Å². The van der Waals surface area contributed by atoms with Crippen molar-refractivity contribution >= 4 is 17.0 Å². The van der Waals surface area contributed by atoms with Gasteiger partial charge in [-0.1, -0.05) is 29.4 Å². The Bertz CT molecular complexity index is 1180. The minimum atomic E-state index is -0.0927. The first-order valence-electron chi connectivity index (χ1n) is 10.3. The van der Waals surface area contributed by atoms with E-state index >= 15 is 0 Å². The molecule has 0 atom stereocenters. The summed E-state index contributed by atoms with van der Waals surface area (Å²) in [4.78, 5) is 19.4. The Labute approximate surface area is 174 Å². The number of nitrogens with zero attached hydrogens (tertiary/aromatic N) is 3. The molecule has 1 aliphatic rings. The van der Waals surface area contributed by atoms with Crippen LogP contribution in [0.15, 0.2) is 57.5 Å². The van der Waals surface area contributed by atoms with E-state index in [0.29, 0.717) is 24.5 Å². The quantitative estimate of drug-likeness (QED) is 0.476. The van der Waals surface area contributed by atoms with Gasteiger partial charge in [0.15, 0.2) is 22.9 Å². The monoisotopic (exact) mass is 401 g/mol. The predicted molar refractivity (Wildman–Crippen MR) is 113 cm³/mol. The lowest BCUT2D eigenvalue weighted by Gasteiger charge is -2.29. The molecule has 6 heteroatoms. The van der Waals surface area contributed by atoms with Crippen molar-refractivity contribution in [3.63, 3.8) is 0 Å². The zero-order valence-corrected chi connectivity index (χ0v) is 17.1. The van der Waals surface area contributed by atoms with E-state index < -0.39 is 0 Å². The maximum atomic E-state index is 12.9. The molecule has 6 nitrogen and oxygen atoms in total. The molecule has 5 rings (SSSR count). The Morgan fingerprint density at radius 3 is 2.60 bits per heavy atom. The van der Waals surface area contributed by atoms with Crippen molar-refractivity contribution in [3.05, 3.63) is 71.2 Å². The van der Waals surface area contributed by atoms with E-state index in [9.17, 15) is 4.79 Å². The van der Waals surface area contributed by atoms with E-state index in [4.69, 9.17) is 8.94 Å². The van der Waals surface area contributed by atoms with Gasteiger partial charge in [0.1, 0.15) is 5.52 Å². The molecule has 3 heterocycles. The average Bonchev–Trinajstić information content (AvgIpc) is 3.43. The molecule has 0 unspecified atom stereocenters. The fourth-order valence-electron chi connectivity index (χ4n) is 3.96. The number of hydrogen-bond acceptors (Lipinski definition) is 5. The number of amides is 1. The first-order valence-corrected chi connectivity index (χ1v) is 10.3. The molecule has 1 amide bonds. The van der Waals surface area contributed by atoms with E-state index in [1.807, 2.05) is 41.3 Å². The minimum absolute atomic E-state index is 0.0927. The van der Waals surface area contributed by atoms with Crippen molar-refractivity contribution in [2.75, 3.05) is 13.1 Å². The van der Waals surface area contributed by atoms with Crippen LogP contribution in [0.3, 0.4) is 0 Å². The highest BCUT2D eigenvalue weighted by Crippen LogP contribution is 2.31. The maximum absolute atomic E-state index is 12.9. The molecule has 1 fully saturated rings. The number of hydrogen-bond donors (Lipinski definition) is 0. The molecular formula is C24H23N3O3. The van der Waals surface area contributed by atoms with Crippen molar-refractivity contribution in [1.82, 2.24) is 15.0 Å². The first-order chi connectivity index (χ1) is 14.6. The molecule has 152 valence electrons. The Kier molecular flexibility index (Phi) is 4.62. The summed E-state index contributed by atoms with van der Waals surface area (Å²) in [7, 11) is 0. The SMILES string of the molecule is Cc1ccc(-c2cc(C(=O)N3CCC(c4nc5ccccc5o4)CC3)no2)cc1C. The van der Waals surface area contributed by atoms with E-state index in [2.05, 4.69) is 30.1 Å². The summed E-state index contributed by atoms with van der Waals surface area (Å²) in [6.07, 6.45) is 1.64. The lowest BCUT2D eigenvalue weighted by Crippen LogP contribution is -2.38. The predicted octanol–water partition coefficient (Wildman–Crippen LogP) is 5.12. The van der Waals surface area contributed by atoms with Gasteiger partial charge in [-0.05, 0) is 56.0 Å². The van der Waals surface area contributed by atoms with Gasteiger partial charge in [0.2, 0.25) is 0 Å². The Hall–Kier alpha value is -3.41. The zero-order valence-electron chi connectivity index (χ0n) is 17.1. The number of aromatic nitrogens is 2. The summed E-state index contributed by atoms with van der Waals surface area (Å²) in [6, 6.07) is 15.6. The number of carbonyl (C=O) groups excluding carboxylic acids is 1. The van der Waals surface area contributed by atoms with Crippen molar-refractivity contribution < 1.29 is 13.7 Å². The lowest BCUT2D eigenvalue weighted by atomic mass is 9.96. The molecule has 0 spiro atoms. The van der Waals surface area contributed by atoms with Gasteiger partial charge in [0.05, 0.1) is 0 Å². The number of aryl methyl sites for hydroxylation is 2. The van der Waals surface area contributed by atoms with Crippen LogP contribution in [0.1, 0.15) is 46.3 Å². The van der Waals surface area contributed by atoms with Crippen molar-refractivity contribution in [3.8, 4) is 11.3 Å². The van der Waals surface area contributed by atoms with E-state index in [0.717, 1.165) is 35.4 Å². The number of likely N-dealkylation sites (tertiary alicyclic amines) is 1. The molecule has 2 aromatic heterocycles. The fraction of sp³-hybridized carbons (Fsp3) is 0.292. The molecule has 0 aliphatic carbocycles. The highest BCUT2D eigenvalue weighted by Gasteiger charge is 2.29. The highest BCUT2D eigenvalue weighted by atomic mass is 16.5. The van der Waals surface area contributed by atoms with Crippen LogP contribution in [0.25, 0.3) is 22.4 Å². The number of oxazole rings is 1. The summed E-state index contributed by atoms with van der Waals surface area (Å²) < 4.78 is 11.4. The van der Waals surface area contributed by atoms with Gasteiger partial charge >= 0.3 is 0 Å². The van der Waals surface area contributed by atoms with Gasteiger partial charge in [0, 0.05) is 30.6 Å². The van der Waals surface area contributed by atoms with Crippen LogP contribution in [0.5, 0.6) is 0 Å². The standard InChI is InChI=1S/C24H23N3O3/c1-15-7-8-18(13-16(15)2)22-14-20(26-30-22)24(28)27-11-9-17(10-12-27)23-25-19-5-3-4-6-21(19)29-23/h3-8,13-14,17H,9-12H2,1-2H3. The first kappa shape index (κ1) is 18.6. The molecular weight excluding hydrogens is 378 g/mol. The third kappa shape index (κ3) is 3.38. The third-order valence-electron chi connectivity index (χ3n) is 5.96. The van der Waals surface area contributed by atoms with Crippen LogP contribution in [0, 0.1) is 13.8 Å². The van der Waals surface area contributed by atoms with E-state index in [-0.39, 0.29) is 11.8 Å². The van der Waals surface area contributed by atoms with Gasteiger partial charge < -0.3 is 13.8 Å². The largest absolute Gasteiger partial charge is 0.440 e. The molecule has 1 saturated heterocycles. The topological polar surface area (TPSA) is 72.4 Å². The number of para-hydroxylation sites is 2. The van der Waals surface area contributed by atoms with Gasteiger partial charge in [-0.25, -0.2) is 4.98 Å². The second-order valence-electron chi connectivity index (χ2n) is 7.96. The van der Waals surface area contributed by atoms with Gasteiger partial charge in [-0.15, -0.1) is 0 Å². The highest BCUT2D eigenvalue weighted by molar-refractivity contribution is 5.93. The number of carbonyl (C=O) groups is 1. The van der Waals surface area contributed by atoms with Crippen molar-refractivity contribution in [2.24, 2.45) is 0 Å². The Morgan fingerprint density at radius 2 is 1.83 bits per heavy atom. The summed E-state index contributed by atoms with van der Waals surface area (Å²) in [6.45, 7) is 5.42. The maximum Gasteiger partial charge on any atom is 0.276 e. The van der Waals surface area contributed by atoms with E-state index in [1.165, 1.54) is 11.1 Å². The average molecular weight is 401 g/mol. The van der Waals surface area contributed by atoms with Crippen molar-refractivity contribution in [2.45, 2.75) is 32.6 Å². The number of piperidine rings is 1. The zero-order chi connectivity index (χ0) is 20.7. The molecule has 0 N–H and O–H groups in total. The number of rotatable bonds is 3. The van der Waals surface area contributed by atoms with Gasteiger partial charge in [-0.3, -0.25) is 4.79 Å². The molecule has 4 aromatic rings. The van der Waals surface area contributed by atoms with Crippen LogP contribution >= 0.6 is 0 Å². The molecule has 1 aliphatic heterocycles. The Balaban J connectivity index is 1.26. The molecule has 0 saturated carbocycles. The minimum Gasteiger partial charge on any atom is -0.440 e. The smallest absolute Gasteiger partial charge is 0.276 e. The molecule has 2 aromatic carbocycles. The molecule has 0 bridgehead atoms.